The zero-order chi connectivity index (χ0) is 23.3. The van der Waals surface area contributed by atoms with Gasteiger partial charge >= 0.3 is 6.18 Å². The molecule has 0 saturated heterocycles. The Kier molecular flexibility index (Phi) is 5.37. The van der Waals surface area contributed by atoms with E-state index in [4.69, 9.17) is 5.73 Å². The lowest BCUT2D eigenvalue weighted by Crippen LogP contribution is -2.26. The van der Waals surface area contributed by atoms with Gasteiger partial charge in [-0.15, -0.1) is 11.3 Å². The number of aromatic nitrogens is 2. The lowest BCUT2D eigenvalue weighted by molar-refractivity contribution is -0.137. The molecule has 3 aromatic rings. The van der Waals surface area contributed by atoms with Crippen molar-refractivity contribution in [3.63, 3.8) is 0 Å². The molecular formula is C23H22F3N5OS. The van der Waals surface area contributed by atoms with E-state index in [1.54, 1.807) is 0 Å². The smallest absolute Gasteiger partial charge is 0.366 e. The van der Waals surface area contributed by atoms with Crippen LogP contribution in [-0.4, -0.2) is 34.4 Å². The molecule has 1 fully saturated rings. The van der Waals surface area contributed by atoms with Gasteiger partial charge in [0.25, 0.3) is 0 Å². The van der Waals surface area contributed by atoms with Crippen molar-refractivity contribution in [2.45, 2.75) is 37.9 Å². The number of carbonyl (C=O) groups is 1. The van der Waals surface area contributed by atoms with Crippen molar-refractivity contribution in [3.05, 3.63) is 57.6 Å². The van der Waals surface area contributed by atoms with E-state index in [0.29, 0.717) is 5.92 Å². The predicted octanol–water partition coefficient (Wildman–Crippen LogP) is 4.93. The molecule has 0 unspecified atom stereocenters. The van der Waals surface area contributed by atoms with Gasteiger partial charge in [-0.25, -0.2) is 9.97 Å². The molecule has 6 nitrogen and oxygen atoms in total. The Morgan fingerprint density at radius 1 is 1.24 bits per heavy atom. The minimum Gasteiger partial charge on any atom is -0.366 e. The molecule has 10 heteroatoms. The molecule has 33 heavy (non-hydrogen) atoms. The molecule has 3 N–H and O–H groups in total. The molecule has 0 radical (unpaired) electrons. The summed E-state index contributed by atoms with van der Waals surface area (Å²) in [7, 11) is 2.09. The lowest BCUT2D eigenvalue weighted by atomic mass is 9.94. The number of carbonyl (C=O) groups excluding carboxylic acids is 1. The third-order valence-electron chi connectivity index (χ3n) is 6.05. The zero-order valence-corrected chi connectivity index (χ0v) is 18.7. The predicted molar refractivity (Wildman–Crippen MR) is 121 cm³/mol. The SMILES string of the molecule is CN1CCc2cc(Nc3ncc(C(F)(F)F)c(-c4cc(C(N)=O)cs4)n3)c(C3CC3)cc2C1. The summed E-state index contributed by atoms with van der Waals surface area (Å²) in [6, 6.07) is 5.64. The van der Waals surface area contributed by atoms with Gasteiger partial charge in [-0.3, -0.25) is 4.79 Å². The molecule has 1 aromatic carbocycles. The van der Waals surface area contributed by atoms with Gasteiger partial charge in [0, 0.05) is 30.4 Å². The number of thiophene rings is 1. The van der Waals surface area contributed by atoms with Crippen molar-refractivity contribution in [1.29, 1.82) is 0 Å². The van der Waals surface area contributed by atoms with Crippen LogP contribution in [-0.2, 0) is 19.1 Å². The summed E-state index contributed by atoms with van der Waals surface area (Å²) in [5.41, 5.74) is 8.71. The molecule has 1 saturated carbocycles. The maximum atomic E-state index is 13.7. The number of likely N-dealkylation sites (N-methyl/N-ethyl adjacent to an activating group) is 1. The Bertz CT molecular complexity index is 1240. The molecule has 0 bridgehead atoms. The number of hydrogen-bond donors (Lipinski definition) is 2. The number of amides is 1. The minimum absolute atomic E-state index is 0.0850. The summed E-state index contributed by atoms with van der Waals surface area (Å²) in [6.07, 6.45) is -0.753. The largest absolute Gasteiger partial charge is 0.420 e. The number of nitrogens with two attached hydrogens (primary N) is 1. The van der Waals surface area contributed by atoms with Crippen LogP contribution >= 0.6 is 11.3 Å². The summed E-state index contributed by atoms with van der Waals surface area (Å²) in [6.45, 7) is 1.84. The summed E-state index contributed by atoms with van der Waals surface area (Å²) < 4.78 is 41.0. The van der Waals surface area contributed by atoms with Gasteiger partial charge in [-0.2, -0.15) is 13.2 Å². The minimum atomic E-state index is -4.64. The molecule has 0 spiro atoms. The van der Waals surface area contributed by atoms with Crippen molar-refractivity contribution in [1.82, 2.24) is 14.9 Å². The van der Waals surface area contributed by atoms with Crippen LogP contribution in [0, 0.1) is 0 Å². The van der Waals surface area contributed by atoms with E-state index in [2.05, 4.69) is 39.4 Å². The van der Waals surface area contributed by atoms with Gasteiger partial charge in [0.2, 0.25) is 11.9 Å². The Morgan fingerprint density at radius 2 is 2.03 bits per heavy atom. The number of alkyl halides is 3. The number of rotatable bonds is 5. The second-order valence-corrected chi connectivity index (χ2v) is 9.52. The maximum Gasteiger partial charge on any atom is 0.420 e. The van der Waals surface area contributed by atoms with Crippen molar-refractivity contribution in [2.75, 3.05) is 18.9 Å². The van der Waals surface area contributed by atoms with Crippen LogP contribution in [0.15, 0.2) is 29.8 Å². The van der Waals surface area contributed by atoms with E-state index in [-0.39, 0.29) is 22.1 Å². The molecule has 2 aliphatic rings. The highest BCUT2D eigenvalue weighted by Crippen LogP contribution is 2.46. The van der Waals surface area contributed by atoms with E-state index in [9.17, 15) is 18.0 Å². The highest BCUT2D eigenvalue weighted by molar-refractivity contribution is 7.13. The Hall–Kier alpha value is -2.98. The average Bonchev–Trinajstić information content (AvgIpc) is 3.47. The van der Waals surface area contributed by atoms with Crippen molar-refractivity contribution < 1.29 is 18.0 Å². The number of anilines is 2. The molecule has 172 valence electrons. The summed E-state index contributed by atoms with van der Waals surface area (Å²) in [5, 5.41) is 4.61. The summed E-state index contributed by atoms with van der Waals surface area (Å²) >= 11 is 0.990. The van der Waals surface area contributed by atoms with E-state index in [0.717, 1.165) is 61.1 Å². The van der Waals surface area contributed by atoms with Gasteiger partial charge in [-0.1, -0.05) is 6.07 Å². The number of fused-ring (bicyclic) bond motifs is 1. The molecule has 1 amide bonds. The van der Waals surface area contributed by atoms with Gasteiger partial charge in [0.1, 0.15) is 5.56 Å². The fraction of sp³-hybridized carbons (Fsp3) is 0.348. The van der Waals surface area contributed by atoms with Crippen LogP contribution in [0.5, 0.6) is 0 Å². The standard InChI is InChI=1S/C23H22F3N5OS/c1-31-5-4-13-7-18(16(12-2-3-12)6-14(13)10-31)29-22-28-9-17(23(24,25)26)20(30-22)19-8-15(11-33-19)21(27)32/h6-9,11-12H,2-5,10H2,1H3,(H2,27,32)(H,28,29,30). The van der Waals surface area contributed by atoms with E-state index < -0.39 is 17.6 Å². The second kappa shape index (κ2) is 8.11. The van der Waals surface area contributed by atoms with Gasteiger partial charge in [0.05, 0.1) is 16.1 Å². The van der Waals surface area contributed by atoms with Crippen molar-refractivity contribution >= 4 is 28.9 Å². The van der Waals surface area contributed by atoms with Gasteiger partial charge in [0.15, 0.2) is 0 Å². The topological polar surface area (TPSA) is 84.1 Å². The van der Waals surface area contributed by atoms with E-state index in [1.165, 1.54) is 22.6 Å². The van der Waals surface area contributed by atoms with Crippen LogP contribution in [0.4, 0.5) is 24.8 Å². The summed E-state index contributed by atoms with van der Waals surface area (Å²) in [5.74, 6) is -0.177. The monoisotopic (exact) mass is 473 g/mol. The molecule has 1 aliphatic heterocycles. The van der Waals surface area contributed by atoms with E-state index >= 15 is 0 Å². The Labute approximate surface area is 192 Å². The fourth-order valence-electron chi connectivity index (χ4n) is 4.16. The van der Waals surface area contributed by atoms with Crippen LogP contribution in [0.1, 0.15) is 51.4 Å². The lowest BCUT2D eigenvalue weighted by Gasteiger charge is -2.27. The van der Waals surface area contributed by atoms with Crippen LogP contribution in [0.2, 0.25) is 0 Å². The molecular weight excluding hydrogens is 451 g/mol. The number of benzene rings is 1. The van der Waals surface area contributed by atoms with Crippen molar-refractivity contribution in [2.24, 2.45) is 5.73 Å². The maximum absolute atomic E-state index is 13.7. The quantitative estimate of drug-likeness (QED) is 0.549. The highest BCUT2D eigenvalue weighted by Gasteiger charge is 2.36. The third-order valence-corrected chi connectivity index (χ3v) is 6.99. The molecule has 1 aliphatic carbocycles. The van der Waals surface area contributed by atoms with Gasteiger partial charge in [-0.05, 0) is 61.1 Å². The first-order valence-electron chi connectivity index (χ1n) is 10.6. The number of halogens is 3. The van der Waals surface area contributed by atoms with Crippen LogP contribution in [0.25, 0.3) is 10.6 Å². The normalized spacial score (nSPS) is 16.5. The van der Waals surface area contributed by atoms with Crippen LogP contribution < -0.4 is 11.1 Å². The van der Waals surface area contributed by atoms with Crippen molar-refractivity contribution in [3.8, 4) is 10.6 Å². The fourth-order valence-corrected chi connectivity index (χ4v) is 5.06. The second-order valence-electron chi connectivity index (χ2n) is 8.61. The zero-order valence-electron chi connectivity index (χ0n) is 17.9. The summed E-state index contributed by atoms with van der Waals surface area (Å²) in [4.78, 5) is 22.1. The van der Waals surface area contributed by atoms with E-state index in [1.807, 2.05) is 0 Å². The number of primary amides is 1. The average molecular weight is 474 g/mol. The number of nitrogens with zero attached hydrogens (tertiary/aromatic N) is 3. The van der Waals surface area contributed by atoms with Gasteiger partial charge < -0.3 is 16.0 Å². The Morgan fingerprint density at radius 3 is 2.70 bits per heavy atom. The molecule has 2 aromatic heterocycles. The number of hydrogen-bond acceptors (Lipinski definition) is 6. The molecule has 5 rings (SSSR count). The molecule has 0 atom stereocenters. The first-order chi connectivity index (χ1) is 15.7. The van der Waals surface area contributed by atoms with Crippen LogP contribution in [0.3, 0.4) is 0 Å². The third kappa shape index (κ3) is 4.45. The molecule has 3 heterocycles. The first kappa shape index (κ1) is 21.8. The highest BCUT2D eigenvalue weighted by atomic mass is 32.1. The number of nitrogens with one attached hydrogen (secondary N) is 1. The first-order valence-corrected chi connectivity index (χ1v) is 11.5. The Balaban J connectivity index is 1.55.